The molecule has 1 aromatic carbocycles. The molecule has 1 unspecified atom stereocenters. The standard InChI is InChI=1S/C15H19NO3/c1-4-12-5-7-13(8-6-12)9-10-14(17)16(3)11(2)15(18)19/h5-11H,4H2,1-3H3,(H,18,19). The van der Waals surface area contributed by atoms with Crippen LogP contribution in [0.1, 0.15) is 25.0 Å². The maximum absolute atomic E-state index is 11.8. The quantitative estimate of drug-likeness (QED) is 0.827. The Labute approximate surface area is 113 Å². The van der Waals surface area contributed by atoms with Crippen molar-refractivity contribution in [2.75, 3.05) is 7.05 Å². The van der Waals surface area contributed by atoms with Crippen molar-refractivity contribution in [2.45, 2.75) is 26.3 Å². The van der Waals surface area contributed by atoms with Crippen molar-refractivity contribution in [2.24, 2.45) is 0 Å². The number of carbonyl (C=O) groups is 2. The number of carboxylic acids is 1. The smallest absolute Gasteiger partial charge is 0.326 e. The fraction of sp³-hybridized carbons (Fsp3) is 0.333. The summed E-state index contributed by atoms with van der Waals surface area (Å²) < 4.78 is 0. The Balaban J connectivity index is 2.69. The van der Waals surface area contributed by atoms with E-state index in [0.29, 0.717) is 0 Å². The lowest BCUT2D eigenvalue weighted by molar-refractivity contribution is -0.146. The number of carbonyl (C=O) groups excluding carboxylic acids is 1. The molecular weight excluding hydrogens is 242 g/mol. The van der Waals surface area contributed by atoms with E-state index in [-0.39, 0.29) is 5.91 Å². The van der Waals surface area contributed by atoms with Crippen LogP contribution in [0.2, 0.25) is 0 Å². The summed E-state index contributed by atoms with van der Waals surface area (Å²) in [4.78, 5) is 23.7. The molecule has 0 aliphatic carbocycles. The maximum Gasteiger partial charge on any atom is 0.326 e. The van der Waals surface area contributed by atoms with Crippen LogP contribution in [0, 0.1) is 0 Å². The van der Waals surface area contributed by atoms with Gasteiger partial charge in [0, 0.05) is 13.1 Å². The second-order valence-corrected chi connectivity index (χ2v) is 4.39. The lowest BCUT2D eigenvalue weighted by Gasteiger charge is -2.19. The number of nitrogens with zero attached hydrogens (tertiary/aromatic N) is 1. The minimum atomic E-state index is -1.02. The van der Waals surface area contributed by atoms with Gasteiger partial charge in [-0.15, -0.1) is 0 Å². The fourth-order valence-electron chi connectivity index (χ4n) is 1.51. The molecule has 1 atom stereocenters. The van der Waals surface area contributed by atoms with Gasteiger partial charge >= 0.3 is 5.97 Å². The molecule has 4 heteroatoms. The third-order valence-electron chi connectivity index (χ3n) is 3.09. The molecule has 4 nitrogen and oxygen atoms in total. The van der Waals surface area contributed by atoms with Crippen molar-refractivity contribution >= 4 is 18.0 Å². The van der Waals surface area contributed by atoms with Gasteiger partial charge in [0.2, 0.25) is 5.91 Å². The summed E-state index contributed by atoms with van der Waals surface area (Å²) in [7, 11) is 1.48. The Morgan fingerprint density at radius 1 is 1.32 bits per heavy atom. The van der Waals surface area contributed by atoms with E-state index in [1.165, 1.54) is 30.5 Å². The zero-order valence-corrected chi connectivity index (χ0v) is 11.5. The number of amides is 1. The number of carboxylic acid groups (broad SMARTS) is 1. The van der Waals surface area contributed by atoms with Gasteiger partial charge in [-0.3, -0.25) is 4.79 Å². The van der Waals surface area contributed by atoms with Crippen LogP contribution in [-0.2, 0) is 16.0 Å². The molecule has 0 spiro atoms. The Kier molecular flexibility index (Phi) is 5.30. The van der Waals surface area contributed by atoms with Crippen molar-refractivity contribution in [3.05, 3.63) is 41.5 Å². The van der Waals surface area contributed by atoms with Crippen molar-refractivity contribution in [3.8, 4) is 0 Å². The van der Waals surface area contributed by atoms with Crippen LogP contribution in [-0.4, -0.2) is 35.0 Å². The predicted molar refractivity (Wildman–Crippen MR) is 74.7 cm³/mol. The summed E-state index contributed by atoms with van der Waals surface area (Å²) in [6.45, 7) is 3.56. The topological polar surface area (TPSA) is 57.6 Å². The maximum atomic E-state index is 11.8. The highest BCUT2D eigenvalue weighted by Gasteiger charge is 2.19. The Morgan fingerprint density at radius 3 is 2.37 bits per heavy atom. The molecule has 0 fully saturated rings. The second-order valence-electron chi connectivity index (χ2n) is 4.39. The van der Waals surface area contributed by atoms with E-state index in [0.717, 1.165) is 12.0 Å². The average Bonchev–Trinajstić information content (AvgIpc) is 2.43. The zero-order valence-electron chi connectivity index (χ0n) is 11.5. The lowest BCUT2D eigenvalue weighted by atomic mass is 10.1. The zero-order chi connectivity index (χ0) is 14.4. The van der Waals surface area contributed by atoms with Crippen molar-refractivity contribution in [1.29, 1.82) is 0 Å². The van der Waals surface area contributed by atoms with E-state index in [2.05, 4.69) is 6.92 Å². The van der Waals surface area contributed by atoms with Gasteiger partial charge in [-0.1, -0.05) is 31.2 Å². The second kappa shape index (κ2) is 6.73. The first-order valence-electron chi connectivity index (χ1n) is 6.22. The van der Waals surface area contributed by atoms with E-state index in [1.807, 2.05) is 24.3 Å². The summed E-state index contributed by atoms with van der Waals surface area (Å²) in [5, 5.41) is 8.83. The Morgan fingerprint density at radius 2 is 1.89 bits per heavy atom. The Bertz CT molecular complexity index is 477. The molecule has 0 aliphatic rings. The lowest BCUT2D eigenvalue weighted by Crippen LogP contribution is -2.39. The number of rotatable bonds is 5. The summed E-state index contributed by atoms with van der Waals surface area (Å²) in [6, 6.07) is 7.05. The highest BCUT2D eigenvalue weighted by Crippen LogP contribution is 2.07. The molecular formula is C15H19NO3. The monoisotopic (exact) mass is 261 g/mol. The van der Waals surface area contributed by atoms with Gasteiger partial charge in [0.05, 0.1) is 0 Å². The predicted octanol–water partition coefficient (Wildman–Crippen LogP) is 2.19. The van der Waals surface area contributed by atoms with Crippen LogP contribution in [0.5, 0.6) is 0 Å². The van der Waals surface area contributed by atoms with Crippen LogP contribution < -0.4 is 0 Å². The van der Waals surface area contributed by atoms with Crippen molar-refractivity contribution < 1.29 is 14.7 Å². The highest BCUT2D eigenvalue weighted by atomic mass is 16.4. The van der Waals surface area contributed by atoms with E-state index in [4.69, 9.17) is 5.11 Å². The number of aliphatic carboxylic acids is 1. The molecule has 102 valence electrons. The van der Waals surface area contributed by atoms with Gasteiger partial charge in [0.15, 0.2) is 0 Å². The number of aryl methyl sites for hydroxylation is 1. The molecule has 0 heterocycles. The van der Waals surface area contributed by atoms with E-state index in [9.17, 15) is 9.59 Å². The van der Waals surface area contributed by atoms with Crippen molar-refractivity contribution in [1.82, 2.24) is 4.90 Å². The minimum Gasteiger partial charge on any atom is -0.480 e. The Hall–Kier alpha value is -2.10. The molecule has 0 radical (unpaired) electrons. The van der Waals surface area contributed by atoms with Gasteiger partial charge in [-0.25, -0.2) is 4.79 Å². The highest BCUT2D eigenvalue weighted by molar-refractivity contribution is 5.94. The molecule has 0 aromatic heterocycles. The molecule has 0 bridgehead atoms. The normalized spacial score (nSPS) is 12.4. The van der Waals surface area contributed by atoms with Gasteiger partial charge in [0.25, 0.3) is 0 Å². The number of likely N-dealkylation sites (N-methyl/N-ethyl adjacent to an activating group) is 1. The van der Waals surface area contributed by atoms with Gasteiger partial charge in [-0.05, 0) is 30.5 Å². The van der Waals surface area contributed by atoms with Gasteiger partial charge in [-0.2, -0.15) is 0 Å². The third kappa shape index (κ3) is 4.25. The van der Waals surface area contributed by atoms with Crippen LogP contribution >= 0.6 is 0 Å². The van der Waals surface area contributed by atoms with Crippen LogP contribution in [0.15, 0.2) is 30.3 Å². The van der Waals surface area contributed by atoms with E-state index < -0.39 is 12.0 Å². The summed E-state index contributed by atoms with van der Waals surface area (Å²) >= 11 is 0. The molecule has 0 saturated carbocycles. The van der Waals surface area contributed by atoms with Crippen LogP contribution in [0.3, 0.4) is 0 Å². The molecule has 1 aromatic rings. The number of benzene rings is 1. The third-order valence-corrected chi connectivity index (χ3v) is 3.09. The fourth-order valence-corrected chi connectivity index (χ4v) is 1.51. The van der Waals surface area contributed by atoms with E-state index >= 15 is 0 Å². The molecule has 0 aliphatic heterocycles. The summed E-state index contributed by atoms with van der Waals surface area (Å²) in [5.41, 5.74) is 2.15. The summed E-state index contributed by atoms with van der Waals surface area (Å²) in [5.74, 6) is -1.34. The first-order valence-corrected chi connectivity index (χ1v) is 6.22. The molecule has 19 heavy (non-hydrogen) atoms. The molecule has 1 amide bonds. The number of hydrogen-bond acceptors (Lipinski definition) is 2. The summed E-state index contributed by atoms with van der Waals surface area (Å²) in [6.07, 6.45) is 4.05. The first-order chi connectivity index (χ1) is 8.95. The van der Waals surface area contributed by atoms with E-state index in [1.54, 1.807) is 6.08 Å². The number of hydrogen-bond donors (Lipinski definition) is 1. The molecule has 1 rings (SSSR count). The molecule has 0 saturated heterocycles. The SMILES string of the molecule is CCc1ccc(C=CC(=O)N(C)C(C)C(=O)O)cc1. The van der Waals surface area contributed by atoms with Gasteiger partial charge in [0.1, 0.15) is 6.04 Å². The minimum absolute atomic E-state index is 0.325. The first kappa shape index (κ1) is 15.0. The average molecular weight is 261 g/mol. The van der Waals surface area contributed by atoms with Gasteiger partial charge < -0.3 is 10.0 Å². The van der Waals surface area contributed by atoms with Crippen LogP contribution in [0.4, 0.5) is 0 Å². The van der Waals surface area contributed by atoms with Crippen molar-refractivity contribution in [3.63, 3.8) is 0 Å². The molecule has 1 N–H and O–H groups in total. The largest absolute Gasteiger partial charge is 0.480 e. The van der Waals surface area contributed by atoms with Crippen LogP contribution in [0.25, 0.3) is 6.08 Å².